The fourth-order valence-corrected chi connectivity index (χ4v) is 0. The van der Waals surface area contributed by atoms with Gasteiger partial charge < -0.3 is 19.1 Å². The first-order chi connectivity index (χ1) is 2.27. The van der Waals surface area contributed by atoms with Crippen LogP contribution in [-0.2, 0) is 58.6 Å². The van der Waals surface area contributed by atoms with Crippen molar-refractivity contribution in [1.82, 2.24) is 0 Å². The van der Waals surface area contributed by atoms with Crippen LogP contribution in [0.4, 0.5) is 0 Å². The van der Waals surface area contributed by atoms with Crippen molar-refractivity contribution >= 4 is 6.29 Å². The van der Waals surface area contributed by atoms with Gasteiger partial charge in [0.25, 0.3) is 0 Å². The van der Waals surface area contributed by atoms with Crippen molar-refractivity contribution in [2.24, 2.45) is 5.92 Å². The summed E-state index contributed by atoms with van der Waals surface area (Å²) in [6.45, 7) is 5.02. The number of carbonyl (C=O) groups excluding carboxylic acids is 1. The average Bonchev–Trinajstić information content (AvgIpc) is 1.38. The summed E-state index contributed by atoms with van der Waals surface area (Å²) in [6.07, 6.45) is 1.67. The molecule has 0 spiro atoms. The Labute approximate surface area is 91.1 Å². The molecule has 8 heavy (non-hydrogen) atoms. The Bertz CT molecular complexity index is 39.4. The van der Waals surface area contributed by atoms with Crippen LogP contribution in [0, 0.1) is 20.3 Å². The summed E-state index contributed by atoms with van der Waals surface area (Å²) >= 11 is 0. The van der Waals surface area contributed by atoms with Crippen molar-refractivity contribution in [3.8, 4) is 0 Å². The van der Waals surface area contributed by atoms with E-state index < -0.39 is 0 Å². The molecular weight excluding hydrogens is 349 g/mol. The van der Waals surface area contributed by atoms with E-state index in [2.05, 4.69) is 6.92 Å². The van der Waals surface area contributed by atoms with E-state index in [1.165, 1.54) is 0 Å². The summed E-state index contributed by atoms with van der Waals surface area (Å²) in [5.41, 5.74) is 0. The normalized spacial score (nSPS) is 8.75. The van der Waals surface area contributed by atoms with Crippen molar-refractivity contribution in [2.45, 2.75) is 6.92 Å². The molecule has 1 atom stereocenters. The van der Waals surface area contributed by atoms with Gasteiger partial charge in [0.05, 0.1) is 0 Å². The zero-order chi connectivity index (χ0) is 4.28. The fraction of sp³-hybridized carbons (Fsp3) is 0.400. The predicted molar refractivity (Wildman–Crippen MR) is 26.6 cm³/mol. The third-order valence-corrected chi connectivity index (χ3v) is 0.201. The molecule has 45 valence electrons. The molecule has 0 aliphatic rings. The van der Waals surface area contributed by atoms with Crippen molar-refractivity contribution in [3.05, 3.63) is 14.4 Å². The quantitative estimate of drug-likeness (QED) is 0.640. The molecule has 3 heteroatoms. The van der Waals surface area contributed by atoms with E-state index in [0.29, 0.717) is 0 Å². The maximum atomic E-state index is 9.32. The van der Waals surface area contributed by atoms with Crippen LogP contribution in [0.2, 0.25) is 0 Å². The van der Waals surface area contributed by atoms with Gasteiger partial charge in [0, 0.05) is 32.7 Å². The molecule has 0 bridgehead atoms. The van der Waals surface area contributed by atoms with E-state index >= 15 is 0 Å². The van der Waals surface area contributed by atoms with E-state index in [1.807, 2.05) is 0 Å². The first kappa shape index (κ1) is 22.7. The molecule has 0 fully saturated rings. The molecule has 0 aliphatic carbocycles. The molecule has 0 aromatic heterocycles. The molecule has 0 amide bonds. The van der Waals surface area contributed by atoms with Gasteiger partial charge in [0.1, 0.15) is 0 Å². The van der Waals surface area contributed by atoms with Crippen LogP contribution in [0.5, 0.6) is 0 Å². The molecule has 0 heterocycles. The van der Waals surface area contributed by atoms with Crippen molar-refractivity contribution in [3.63, 3.8) is 0 Å². The molecular formula is C5H9OWY-. The molecule has 1 nitrogen and oxygen atoms in total. The van der Waals surface area contributed by atoms with Crippen molar-refractivity contribution in [2.75, 3.05) is 0 Å². The van der Waals surface area contributed by atoms with Gasteiger partial charge in [-0.1, -0.05) is 0 Å². The first-order valence-electron chi connectivity index (χ1n) is 1.48. The molecule has 0 N–H and O–H groups in total. The summed E-state index contributed by atoms with van der Waals surface area (Å²) in [5.74, 6) is -0.171. The molecule has 1 unspecified atom stereocenters. The third kappa shape index (κ3) is 26.0. The van der Waals surface area contributed by atoms with E-state index in [4.69, 9.17) is 0 Å². The topological polar surface area (TPSA) is 17.1 Å². The maximum absolute atomic E-state index is 9.32. The van der Waals surface area contributed by atoms with Gasteiger partial charge in [-0.15, -0.1) is 6.92 Å². The standard InChI is InChI=1S/C4H6O.CH3.W.Y/c1-4(2)3-5;;;/h4H,1H2,2H3;1H3;;/q-2;-1;+2;. The Morgan fingerprint density at radius 1 is 1.62 bits per heavy atom. The largest absolute Gasteiger partial charge is 2.00 e. The molecule has 1 radical (unpaired) electrons. The summed E-state index contributed by atoms with van der Waals surface area (Å²) in [7, 11) is 0. The van der Waals surface area contributed by atoms with Crippen molar-refractivity contribution in [1.29, 1.82) is 0 Å². The summed E-state index contributed by atoms with van der Waals surface area (Å²) in [4.78, 5) is 9.32. The fourth-order valence-electron chi connectivity index (χ4n) is 0. The van der Waals surface area contributed by atoms with Crippen LogP contribution >= 0.6 is 0 Å². The van der Waals surface area contributed by atoms with E-state index in [0.717, 1.165) is 0 Å². The van der Waals surface area contributed by atoms with Crippen LogP contribution in [0.3, 0.4) is 0 Å². The van der Waals surface area contributed by atoms with Gasteiger partial charge in [-0.2, -0.15) is 0 Å². The maximum Gasteiger partial charge on any atom is 2.00 e. The predicted octanol–water partition coefficient (Wildman–Crippen LogP) is 1.01. The van der Waals surface area contributed by atoms with Gasteiger partial charge in [-0.05, 0) is 0 Å². The summed E-state index contributed by atoms with van der Waals surface area (Å²) in [6, 6.07) is 0. The second-order valence-electron chi connectivity index (χ2n) is 1.02. The number of rotatable bonds is 1. The first-order valence-corrected chi connectivity index (χ1v) is 1.48. The van der Waals surface area contributed by atoms with Crippen LogP contribution < -0.4 is 0 Å². The molecule has 0 aliphatic heterocycles. The molecule has 0 saturated carbocycles. The zero-order valence-corrected chi connectivity index (χ0v) is 11.0. The van der Waals surface area contributed by atoms with Gasteiger partial charge in [-0.3, -0.25) is 12.2 Å². The van der Waals surface area contributed by atoms with E-state index in [9.17, 15) is 4.79 Å². The van der Waals surface area contributed by atoms with E-state index in [-0.39, 0.29) is 67.1 Å². The minimum absolute atomic E-state index is 0. The molecule has 0 aromatic carbocycles. The van der Waals surface area contributed by atoms with Gasteiger partial charge in [-0.25, -0.2) is 0 Å². The zero-order valence-electron chi connectivity index (χ0n) is 5.18. The molecule has 0 saturated heterocycles. The Hall–Kier alpha value is 1.46. The smallest absolute Gasteiger partial charge is 0.544 e. The second kappa shape index (κ2) is 15.8. The Balaban J connectivity index is -0.0000000267. The van der Waals surface area contributed by atoms with Crippen LogP contribution in [0.15, 0.2) is 0 Å². The number of hydrogen-bond acceptors (Lipinski definition) is 1. The molecule has 0 aromatic rings. The third-order valence-electron chi connectivity index (χ3n) is 0.201. The van der Waals surface area contributed by atoms with Crippen LogP contribution in [-0.4, -0.2) is 6.29 Å². The van der Waals surface area contributed by atoms with Gasteiger partial charge in [0.15, 0.2) is 0 Å². The second-order valence-corrected chi connectivity index (χ2v) is 1.02. The molecule has 0 rings (SSSR count). The Morgan fingerprint density at radius 3 is 1.75 bits per heavy atom. The van der Waals surface area contributed by atoms with Crippen molar-refractivity contribution < 1.29 is 58.6 Å². The summed E-state index contributed by atoms with van der Waals surface area (Å²) in [5, 5.41) is 0. The minimum Gasteiger partial charge on any atom is -0.544 e. The van der Waals surface area contributed by atoms with Crippen LogP contribution in [0.1, 0.15) is 6.92 Å². The Kier molecular flexibility index (Phi) is 44.8. The van der Waals surface area contributed by atoms with Gasteiger partial charge in [0.2, 0.25) is 0 Å². The van der Waals surface area contributed by atoms with Gasteiger partial charge >= 0.3 is 21.1 Å². The summed E-state index contributed by atoms with van der Waals surface area (Å²) < 4.78 is 0. The minimum atomic E-state index is -0.171. The van der Waals surface area contributed by atoms with E-state index in [1.54, 1.807) is 13.2 Å². The Morgan fingerprint density at radius 2 is 1.75 bits per heavy atom. The SMILES string of the molecule is [CH2-]C(C)[C-]=O.[CH3-].[W+2].[Y]. The monoisotopic (exact) mass is 358 g/mol. The van der Waals surface area contributed by atoms with Crippen LogP contribution in [0.25, 0.3) is 0 Å². The average molecular weight is 358 g/mol. The number of hydrogen-bond donors (Lipinski definition) is 0.